The summed E-state index contributed by atoms with van der Waals surface area (Å²) in [6, 6.07) is -9.94. The molecule has 0 aliphatic carbocycles. The number of nitrogens with zero attached hydrogens (tertiary/aromatic N) is 1. The van der Waals surface area contributed by atoms with Crippen LogP contribution in [0.1, 0.15) is 160 Å². The molecule has 40 heteroatoms. The van der Waals surface area contributed by atoms with Gasteiger partial charge in [0.05, 0.1) is 13.2 Å². The normalized spacial score (nSPS) is 14.9. The molecule has 1 aromatic carbocycles. The van der Waals surface area contributed by atoms with Gasteiger partial charge in [0.2, 0.25) is 76.8 Å². The maximum absolute atomic E-state index is 14.4. The number of ketones is 1. The standard InChI is InChI=1S/C68H104N14O25S/c1-36(2)31-48(60(98)71-33-52(85)74-50(35-108-7)67(105)72-37(3)4)81-68(106)51-12-10-29-82(51)53(86)34-107-30-28-70-59(97)49(32-40-13-15-41(16-14-40)38(5)83)80-66(104)47(21-26-58(95)96)79-65(103)46(20-25-57(93)94)78-64(102)45(19-24-56(91)92)77-63(101)44(18-23-55(89)90)76-62(100)43(17-22-54(87)88)75-61(99)42(73-39(6)84)11-8-9-27-69/h13-16,36-37,42-51H,8-12,17-35,69H2,1-7H3,(H,70,97)(H,71,98)(H,72,105)(H,73,84)(H,74,85)(H,75,99)(H,76,100)(H,77,101)(H,78,102)(H,79,103)(H,80,104)(H,81,106)(H,87,88)(H,89,90)(H,91,92)(H,93,94)(H,95,96)/t42-,43-,44-,45-,46-,47-,48+,49+,50+,51+/m1/s1. The summed E-state index contributed by atoms with van der Waals surface area (Å²) in [5, 5.41) is 77.3. The summed E-state index contributed by atoms with van der Waals surface area (Å²) in [4.78, 5) is 250. The second-order valence-corrected chi connectivity index (χ2v) is 27.2. The zero-order valence-corrected chi connectivity index (χ0v) is 62.4. The topological polar surface area (TPSA) is 608 Å². The number of rotatable bonds is 53. The van der Waals surface area contributed by atoms with Gasteiger partial charge in [-0.3, -0.25) is 91.1 Å². The Hall–Kier alpha value is -10.4. The first-order valence-electron chi connectivity index (χ1n) is 35.2. The molecule has 0 bridgehead atoms. The molecule has 108 heavy (non-hydrogen) atoms. The second kappa shape index (κ2) is 49.5. The van der Waals surface area contributed by atoms with Crippen molar-refractivity contribution in [2.45, 2.75) is 217 Å². The van der Waals surface area contributed by atoms with Crippen molar-refractivity contribution in [3.05, 3.63) is 35.4 Å². The Morgan fingerprint density at radius 3 is 1.31 bits per heavy atom. The van der Waals surface area contributed by atoms with Gasteiger partial charge in [0, 0.05) is 75.9 Å². The van der Waals surface area contributed by atoms with Crippen molar-refractivity contribution in [3.8, 4) is 0 Å². The number of hydrogen-bond acceptors (Lipinski definition) is 22. The summed E-state index contributed by atoms with van der Waals surface area (Å²) in [6.45, 7) is 8.12. The summed E-state index contributed by atoms with van der Waals surface area (Å²) in [7, 11) is 0. The van der Waals surface area contributed by atoms with Crippen LogP contribution in [0.4, 0.5) is 0 Å². The van der Waals surface area contributed by atoms with E-state index >= 15 is 0 Å². The highest BCUT2D eigenvalue weighted by molar-refractivity contribution is 7.98. The molecule has 0 aromatic heterocycles. The van der Waals surface area contributed by atoms with E-state index in [1.807, 2.05) is 13.8 Å². The van der Waals surface area contributed by atoms with E-state index < -0.39 is 244 Å². The van der Waals surface area contributed by atoms with Gasteiger partial charge in [-0.05, 0) is 116 Å². The van der Waals surface area contributed by atoms with E-state index in [0.717, 1.165) is 6.92 Å². The molecule has 0 spiro atoms. The molecule has 0 unspecified atom stereocenters. The zero-order valence-electron chi connectivity index (χ0n) is 61.5. The predicted octanol–water partition coefficient (Wildman–Crippen LogP) is -3.56. The van der Waals surface area contributed by atoms with Crippen molar-refractivity contribution in [1.82, 2.24) is 68.7 Å². The number of amides is 13. The summed E-state index contributed by atoms with van der Waals surface area (Å²) >= 11 is 1.33. The largest absolute Gasteiger partial charge is 0.481 e. The third-order valence-electron chi connectivity index (χ3n) is 16.3. The maximum Gasteiger partial charge on any atom is 0.303 e. The molecular formula is C68H104N14O25S. The molecule has 1 heterocycles. The Bertz CT molecular complexity index is 3320. The number of Topliss-reactive ketones (excluding diaryl/α,β-unsaturated/α-hetero) is 1. The number of carboxylic acid groups (broad SMARTS) is 5. The summed E-state index contributed by atoms with van der Waals surface area (Å²) < 4.78 is 5.61. The zero-order chi connectivity index (χ0) is 81.3. The van der Waals surface area contributed by atoms with E-state index in [0.29, 0.717) is 24.8 Å². The maximum atomic E-state index is 14.4. The minimum absolute atomic E-state index is 0.0220. The molecule has 19 N–H and O–H groups in total. The highest BCUT2D eigenvalue weighted by atomic mass is 32.2. The fourth-order valence-electron chi connectivity index (χ4n) is 10.8. The molecule has 1 fully saturated rings. The van der Waals surface area contributed by atoms with Gasteiger partial charge in [-0.1, -0.05) is 38.1 Å². The molecule has 1 aliphatic heterocycles. The smallest absolute Gasteiger partial charge is 0.303 e. The number of hydrogen-bond donors (Lipinski definition) is 18. The van der Waals surface area contributed by atoms with Gasteiger partial charge in [-0.2, -0.15) is 11.8 Å². The number of likely N-dealkylation sites (tertiary alicyclic amines) is 1. The summed E-state index contributed by atoms with van der Waals surface area (Å²) in [6.07, 6.45) is -4.99. The lowest BCUT2D eigenvalue weighted by Gasteiger charge is -2.28. The highest BCUT2D eigenvalue weighted by Crippen LogP contribution is 2.20. The van der Waals surface area contributed by atoms with E-state index in [2.05, 4.69) is 63.8 Å². The van der Waals surface area contributed by atoms with Gasteiger partial charge in [0.1, 0.15) is 67.0 Å². The van der Waals surface area contributed by atoms with Gasteiger partial charge in [0.25, 0.3) is 0 Å². The lowest BCUT2D eigenvalue weighted by Crippen LogP contribution is -2.60. The monoisotopic (exact) mass is 1550 g/mol. The van der Waals surface area contributed by atoms with Gasteiger partial charge in [0.15, 0.2) is 5.78 Å². The van der Waals surface area contributed by atoms with Crippen LogP contribution in [0.25, 0.3) is 0 Å². The van der Waals surface area contributed by atoms with Crippen LogP contribution >= 0.6 is 11.8 Å². The van der Waals surface area contributed by atoms with Gasteiger partial charge in [-0.25, -0.2) is 0 Å². The first-order valence-corrected chi connectivity index (χ1v) is 36.6. The molecule has 0 saturated carbocycles. The number of carbonyl (C=O) groups excluding carboxylic acids is 14. The van der Waals surface area contributed by atoms with E-state index in [4.69, 9.17) is 10.5 Å². The van der Waals surface area contributed by atoms with Crippen LogP contribution < -0.4 is 69.5 Å². The van der Waals surface area contributed by atoms with Crippen molar-refractivity contribution >= 4 is 124 Å². The van der Waals surface area contributed by atoms with E-state index in [-0.39, 0.29) is 81.0 Å². The van der Waals surface area contributed by atoms with Gasteiger partial charge in [-0.15, -0.1) is 0 Å². The van der Waals surface area contributed by atoms with E-state index in [1.165, 1.54) is 47.9 Å². The Morgan fingerprint density at radius 1 is 0.500 bits per heavy atom. The van der Waals surface area contributed by atoms with Crippen LogP contribution in [-0.4, -0.2) is 261 Å². The highest BCUT2D eigenvalue weighted by Gasteiger charge is 2.39. The summed E-state index contributed by atoms with van der Waals surface area (Å²) in [5.74, 6) is -19.9. The van der Waals surface area contributed by atoms with Crippen molar-refractivity contribution in [2.24, 2.45) is 11.7 Å². The number of thioether (sulfide) groups is 1. The third-order valence-corrected chi connectivity index (χ3v) is 17.0. The first-order chi connectivity index (χ1) is 50.8. The van der Waals surface area contributed by atoms with Crippen molar-refractivity contribution in [3.63, 3.8) is 0 Å². The van der Waals surface area contributed by atoms with Crippen LogP contribution in [0, 0.1) is 5.92 Å². The predicted molar refractivity (Wildman–Crippen MR) is 383 cm³/mol. The Balaban J connectivity index is 2.41. The van der Waals surface area contributed by atoms with Crippen molar-refractivity contribution in [1.29, 1.82) is 0 Å². The molecule has 2 rings (SSSR count). The molecule has 39 nitrogen and oxygen atoms in total. The van der Waals surface area contributed by atoms with Crippen LogP contribution in [0.3, 0.4) is 0 Å². The Kier molecular flexibility index (Phi) is 42.9. The number of benzene rings is 1. The van der Waals surface area contributed by atoms with Crippen LogP contribution in [0.15, 0.2) is 24.3 Å². The molecule has 10 atom stereocenters. The van der Waals surface area contributed by atoms with Crippen LogP contribution in [-0.2, 0) is 97.5 Å². The number of nitrogens with two attached hydrogens (primary N) is 1. The van der Waals surface area contributed by atoms with E-state index in [9.17, 15) is 117 Å². The molecule has 0 radical (unpaired) electrons. The van der Waals surface area contributed by atoms with Crippen molar-refractivity contribution < 1.29 is 121 Å². The summed E-state index contributed by atoms with van der Waals surface area (Å²) in [5.41, 5.74) is 6.18. The van der Waals surface area contributed by atoms with Gasteiger partial charge < -0.3 is 105 Å². The molecule has 1 aromatic rings. The minimum atomic E-state index is -2.02. The van der Waals surface area contributed by atoms with Crippen LogP contribution in [0.2, 0.25) is 0 Å². The molecule has 602 valence electrons. The Labute approximate surface area is 627 Å². The number of carbonyl (C=O) groups is 19. The minimum Gasteiger partial charge on any atom is -0.481 e. The fourth-order valence-corrected chi connectivity index (χ4v) is 11.4. The second-order valence-electron chi connectivity index (χ2n) is 26.3. The molecule has 13 amide bonds. The molecule has 1 aliphatic rings. The fraction of sp³-hybridized carbons (Fsp3) is 0.632. The quantitative estimate of drug-likeness (QED) is 0.0222. The first kappa shape index (κ1) is 93.7. The third kappa shape index (κ3) is 37.2. The Morgan fingerprint density at radius 2 is 0.917 bits per heavy atom. The number of unbranched alkanes of at least 4 members (excludes halogenated alkanes) is 1. The number of ether oxygens (including phenoxy) is 1. The number of aliphatic carboxylic acids is 5. The average Bonchev–Trinajstić information content (AvgIpc) is 1.51. The molecular weight excluding hydrogens is 1440 g/mol. The number of carboxylic acids is 5. The average molecular weight is 1550 g/mol. The lowest BCUT2D eigenvalue weighted by atomic mass is 10.0. The van der Waals surface area contributed by atoms with Gasteiger partial charge >= 0.3 is 29.8 Å². The van der Waals surface area contributed by atoms with Crippen molar-refractivity contribution in [2.75, 3.05) is 51.4 Å². The number of nitrogens with one attached hydrogen (secondary N) is 12. The van der Waals surface area contributed by atoms with E-state index in [1.54, 1.807) is 20.1 Å². The lowest BCUT2D eigenvalue weighted by molar-refractivity contribution is -0.142. The van der Waals surface area contributed by atoms with Crippen LogP contribution in [0.5, 0.6) is 0 Å². The molecule has 1 saturated heterocycles. The SMILES string of the molecule is CSC[C@H](NC(=O)CNC(=O)[C@H](CC(C)C)NC(=O)[C@@H]1CCCN1C(=O)COCCNC(=O)[C@H](Cc1ccc(C(C)=O)cc1)NC(=O)[C@@H](CCC(=O)O)NC(=O)[C@@H](CCC(=O)O)NC(=O)[C@@H](CCC(=O)O)NC(=O)[C@@H](CCC(=O)O)NC(=O)[C@@H](CCC(=O)O)NC(=O)[C@@H](CCCCN)NC(C)=O)C(=O)NC(C)C.